The van der Waals surface area contributed by atoms with Crippen LogP contribution in [-0.2, 0) is 10.8 Å². The molecule has 2 heteroatoms. The van der Waals surface area contributed by atoms with Gasteiger partial charge in [-0.3, -0.25) is 0 Å². The van der Waals surface area contributed by atoms with Gasteiger partial charge in [0.15, 0.2) is 0 Å². The highest BCUT2D eigenvalue weighted by molar-refractivity contribution is 7.85. The normalized spacial score (nSPS) is 12.0. The second kappa shape index (κ2) is 8.84. The van der Waals surface area contributed by atoms with Gasteiger partial charge in [0.2, 0.25) is 0 Å². The van der Waals surface area contributed by atoms with E-state index in [4.69, 9.17) is 0 Å². The fourth-order valence-electron chi connectivity index (χ4n) is 6.66. The third kappa shape index (κ3) is 3.36. The van der Waals surface area contributed by atoms with Crippen molar-refractivity contribution in [3.05, 3.63) is 77.9 Å². The molecule has 0 fully saturated rings. The zero-order valence-corrected chi connectivity index (χ0v) is 25.6. The van der Waals surface area contributed by atoms with Crippen molar-refractivity contribution in [3.8, 4) is 0 Å². The standard InChI is InChI=1S/C34H42OS/c1-15-17(3)21(7)31-27(13)33(25(11)23(9)29(31)19(15)5)36(35)34-26(12)24(10)30-20(6)16(2)18(4)22(8)32(30)28(34)14/h1-14H3. The zero-order valence-electron chi connectivity index (χ0n) is 24.8. The molecule has 0 aliphatic heterocycles. The maximum atomic E-state index is 14.7. The van der Waals surface area contributed by atoms with E-state index in [1.54, 1.807) is 0 Å². The molecule has 0 unspecified atom stereocenters. The quantitative estimate of drug-likeness (QED) is 0.269. The van der Waals surface area contributed by atoms with Crippen molar-refractivity contribution in [1.82, 2.24) is 0 Å². The summed E-state index contributed by atoms with van der Waals surface area (Å²) >= 11 is 0. The Kier molecular flexibility index (Phi) is 6.53. The summed E-state index contributed by atoms with van der Waals surface area (Å²) in [6, 6.07) is 0. The monoisotopic (exact) mass is 498 g/mol. The molecule has 0 radical (unpaired) electrons. The van der Waals surface area contributed by atoms with Crippen LogP contribution in [0.5, 0.6) is 0 Å². The van der Waals surface area contributed by atoms with E-state index in [1.165, 1.54) is 88.3 Å². The van der Waals surface area contributed by atoms with E-state index < -0.39 is 10.8 Å². The Hall–Kier alpha value is -2.45. The van der Waals surface area contributed by atoms with Crippen LogP contribution in [0.25, 0.3) is 21.5 Å². The van der Waals surface area contributed by atoms with E-state index in [1.807, 2.05) is 0 Å². The number of rotatable bonds is 2. The van der Waals surface area contributed by atoms with Crippen LogP contribution in [0.3, 0.4) is 0 Å². The first-order valence-corrected chi connectivity index (χ1v) is 14.2. The molecule has 0 saturated heterocycles. The molecule has 0 N–H and O–H groups in total. The molecule has 0 heterocycles. The Morgan fingerprint density at radius 1 is 0.278 bits per heavy atom. The highest BCUT2D eigenvalue weighted by Gasteiger charge is 2.26. The topological polar surface area (TPSA) is 17.1 Å². The van der Waals surface area contributed by atoms with Crippen LogP contribution in [-0.4, -0.2) is 4.21 Å². The van der Waals surface area contributed by atoms with Crippen molar-refractivity contribution < 1.29 is 4.21 Å². The molecule has 0 atom stereocenters. The molecule has 0 saturated carbocycles. The third-order valence-corrected chi connectivity index (χ3v) is 11.7. The Bertz CT molecular complexity index is 1540. The van der Waals surface area contributed by atoms with Crippen LogP contribution in [0.2, 0.25) is 0 Å². The van der Waals surface area contributed by atoms with E-state index in [-0.39, 0.29) is 0 Å². The number of fused-ring (bicyclic) bond motifs is 2. The molecular weight excluding hydrogens is 456 g/mol. The molecule has 0 bridgehead atoms. The second-order valence-electron chi connectivity index (χ2n) is 11.2. The van der Waals surface area contributed by atoms with Crippen LogP contribution in [0.1, 0.15) is 77.9 Å². The minimum Gasteiger partial charge on any atom is -0.249 e. The Morgan fingerprint density at radius 2 is 0.472 bits per heavy atom. The SMILES string of the molecule is Cc1c(C)c(C)c2c(C)c(S(=O)c3c(C)c(C)c4c(C)c(C)c(C)c(C)c4c3C)c(C)c(C)c2c1C. The number of hydrogen-bond donors (Lipinski definition) is 0. The van der Waals surface area contributed by atoms with Crippen molar-refractivity contribution in [2.24, 2.45) is 0 Å². The van der Waals surface area contributed by atoms with Gasteiger partial charge in [-0.1, -0.05) is 0 Å². The van der Waals surface area contributed by atoms with Gasteiger partial charge in [-0.25, -0.2) is 4.21 Å². The summed E-state index contributed by atoms with van der Waals surface area (Å²) in [6.07, 6.45) is 0. The summed E-state index contributed by atoms with van der Waals surface area (Å²) < 4.78 is 14.7. The van der Waals surface area contributed by atoms with Crippen LogP contribution in [0, 0.1) is 96.9 Å². The summed E-state index contributed by atoms with van der Waals surface area (Å²) in [6.45, 7) is 31.0. The lowest BCUT2D eigenvalue weighted by Gasteiger charge is -2.25. The fourth-order valence-corrected chi connectivity index (χ4v) is 8.49. The number of benzene rings is 4. The van der Waals surface area contributed by atoms with Crippen molar-refractivity contribution in [2.75, 3.05) is 0 Å². The molecule has 0 amide bonds. The lowest BCUT2D eigenvalue weighted by atomic mass is 9.85. The smallest absolute Gasteiger partial charge is 0.0861 e. The molecule has 36 heavy (non-hydrogen) atoms. The van der Waals surface area contributed by atoms with E-state index in [9.17, 15) is 4.21 Å². The largest absolute Gasteiger partial charge is 0.249 e. The van der Waals surface area contributed by atoms with Crippen LogP contribution in [0.15, 0.2) is 9.79 Å². The summed E-state index contributed by atoms with van der Waals surface area (Å²) in [7, 11) is -1.28. The minimum absolute atomic E-state index is 0.994. The van der Waals surface area contributed by atoms with E-state index in [0.717, 1.165) is 20.9 Å². The first kappa shape index (κ1) is 26.6. The second-order valence-corrected chi connectivity index (χ2v) is 12.5. The van der Waals surface area contributed by atoms with E-state index in [0.29, 0.717) is 0 Å². The van der Waals surface area contributed by atoms with Crippen molar-refractivity contribution in [3.63, 3.8) is 0 Å². The molecule has 4 aromatic rings. The van der Waals surface area contributed by atoms with Gasteiger partial charge in [-0.2, -0.15) is 0 Å². The third-order valence-electron chi connectivity index (χ3n) is 9.73. The molecule has 4 aromatic carbocycles. The van der Waals surface area contributed by atoms with Crippen LogP contribution >= 0.6 is 0 Å². The lowest BCUT2D eigenvalue weighted by molar-refractivity contribution is 0.681. The molecule has 1 nitrogen and oxygen atoms in total. The molecule has 0 aromatic heterocycles. The van der Waals surface area contributed by atoms with Gasteiger partial charge in [-0.05, 0) is 196 Å². The van der Waals surface area contributed by atoms with Crippen molar-refractivity contribution >= 4 is 32.3 Å². The van der Waals surface area contributed by atoms with E-state index in [2.05, 4.69) is 96.9 Å². The average molecular weight is 499 g/mol. The van der Waals surface area contributed by atoms with Crippen LogP contribution in [0.4, 0.5) is 0 Å². The molecule has 0 aliphatic carbocycles. The van der Waals surface area contributed by atoms with E-state index >= 15 is 0 Å². The summed E-state index contributed by atoms with van der Waals surface area (Å²) in [5.41, 5.74) is 17.9. The molecule has 0 spiro atoms. The highest BCUT2D eigenvalue weighted by atomic mass is 32.2. The summed E-state index contributed by atoms with van der Waals surface area (Å²) in [4.78, 5) is 1.99. The Balaban J connectivity index is 2.18. The van der Waals surface area contributed by atoms with Gasteiger partial charge >= 0.3 is 0 Å². The maximum Gasteiger partial charge on any atom is 0.0861 e. The zero-order chi connectivity index (χ0) is 27.1. The predicted molar refractivity (Wildman–Crippen MR) is 159 cm³/mol. The first-order chi connectivity index (χ1) is 16.7. The highest BCUT2D eigenvalue weighted by Crippen LogP contribution is 2.43. The number of hydrogen-bond acceptors (Lipinski definition) is 1. The molecule has 190 valence electrons. The van der Waals surface area contributed by atoms with Gasteiger partial charge in [0.25, 0.3) is 0 Å². The van der Waals surface area contributed by atoms with Gasteiger partial charge in [0.1, 0.15) is 0 Å². The van der Waals surface area contributed by atoms with Crippen molar-refractivity contribution in [1.29, 1.82) is 0 Å². The van der Waals surface area contributed by atoms with Gasteiger partial charge in [-0.15, -0.1) is 0 Å². The predicted octanol–water partition coefficient (Wildman–Crippen LogP) is 9.48. The summed E-state index contributed by atoms with van der Waals surface area (Å²) in [5, 5.41) is 5.25. The number of aryl methyl sites for hydroxylation is 8. The lowest BCUT2D eigenvalue weighted by Crippen LogP contribution is -2.10. The fraction of sp³-hybridized carbons (Fsp3) is 0.412. The summed E-state index contributed by atoms with van der Waals surface area (Å²) in [5.74, 6) is 0. The van der Waals surface area contributed by atoms with Crippen LogP contribution < -0.4 is 0 Å². The average Bonchev–Trinajstić information content (AvgIpc) is 2.83. The Morgan fingerprint density at radius 3 is 0.722 bits per heavy atom. The maximum absolute atomic E-state index is 14.7. The Labute approximate surface area is 220 Å². The van der Waals surface area contributed by atoms with Gasteiger partial charge in [0, 0.05) is 0 Å². The molecular formula is C34H42OS. The van der Waals surface area contributed by atoms with Gasteiger partial charge < -0.3 is 0 Å². The molecule has 0 aliphatic rings. The minimum atomic E-state index is -1.28. The van der Waals surface area contributed by atoms with Gasteiger partial charge in [0.05, 0.1) is 20.6 Å². The van der Waals surface area contributed by atoms with Crippen molar-refractivity contribution in [2.45, 2.75) is 107 Å². The first-order valence-electron chi connectivity index (χ1n) is 13.1. The molecule has 4 rings (SSSR count).